The molecule has 1 saturated heterocycles. The molecule has 2 nitrogen and oxygen atoms in total. The summed E-state index contributed by atoms with van der Waals surface area (Å²) in [5.41, 5.74) is 0.762. The van der Waals surface area contributed by atoms with Gasteiger partial charge in [0, 0.05) is 24.7 Å². The largest absolute Gasteiger partial charge is 0.366 e. The highest BCUT2D eigenvalue weighted by atomic mass is 32.2. The van der Waals surface area contributed by atoms with Crippen LogP contribution >= 0.6 is 11.8 Å². The van der Waals surface area contributed by atoms with E-state index in [1.807, 2.05) is 36.6 Å². The van der Waals surface area contributed by atoms with Gasteiger partial charge >= 0.3 is 0 Å². The second-order valence-corrected chi connectivity index (χ2v) is 4.94. The maximum absolute atomic E-state index is 12.1. The quantitative estimate of drug-likeness (QED) is 0.602. The summed E-state index contributed by atoms with van der Waals surface area (Å²) in [4.78, 5) is 14.4. The number of hydrogen-bond acceptors (Lipinski definition) is 3. The summed E-state index contributed by atoms with van der Waals surface area (Å²) in [5.74, 6) is 0.0989. The van der Waals surface area contributed by atoms with Crippen LogP contribution in [-0.2, 0) is 0 Å². The molecule has 1 aromatic rings. The van der Waals surface area contributed by atoms with E-state index in [1.54, 1.807) is 17.8 Å². The van der Waals surface area contributed by atoms with Crippen LogP contribution in [0.3, 0.4) is 0 Å². The molecule has 1 heterocycles. The number of carbonyl (C=O) groups is 1. The summed E-state index contributed by atoms with van der Waals surface area (Å²) in [5, 5.41) is 1.09. The Morgan fingerprint density at radius 1 is 1.24 bits per heavy atom. The summed E-state index contributed by atoms with van der Waals surface area (Å²) in [6.07, 6.45) is 6.27. The molecular formula is C14H17NOS. The van der Waals surface area contributed by atoms with Crippen LogP contribution in [0.1, 0.15) is 23.2 Å². The molecule has 1 aromatic carbocycles. The molecule has 1 aliphatic rings. The number of likely N-dealkylation sites (tertiary alicyclic amines) is 1. The van der Waals surface area contributed by atoms with Crippen molar-refractivity contribution in [1.29, 1.82) is 0 Å². The highest BCUT2D eigenvalue weighted by Gasteiger charge is 2.15. The van der Waals surface area contributed by atoms with Crippen molar-refractivity contribution in [3.05, 3.63) is 47.0 Å². The van der Waals surface area contributed by atoms with Crippen LogP contribution in [0.2, 0.25) is 0 Å². The highest BCUT2D eigenvalue weighted by molar-refractivity contribution is 8.02. The van der Waals surface area contributed by atoms with Crippen LogP contribution < -0.4 is 0 Å². The molecule has 2 rings (SSSR count). The third-order valence-corrected chi connectivity index (χ3v) is 3.73. The first-order valence-corrected chi connectivity index (χ1v) is 7.14. The minimum Gasteiger partial charge on any atom is -0.366 e. The molecule has 0 atom stereocenters. The van der Waals surface area contributed by atoms with Crippen molar-refractivity contribution < 1.29 is 4.79 Å². The first-order chi connectivity index (χ1) is 8.31. The number of benzene rings is 1. The summed E-state index contributed by atoms with van der Waals surface area (Å²) >= 11 is 1.66. The van der Waals surface area contributed by atoms with E-state index >= 15 is 0 Å². The number of carbonyl (C=O) groups excluding carboxylic acids is 1. The van der Waals surface area contributed by atoms with Crippen molar-refractivity contribution >= 4 is 17.5 Å². The predicted octanol–water partition coefficient (Wildman–Crippen LogP) is 3.17. The maximum Gasteiger partial charge on any atom is 0.188 e. The molecular weight excluding hydrogens is 230 g/mol. The zero-order chi connectivity index (χ0) is 12.1. The van der Waals surface area contributed by atoms with Crippen LogP contribution in [-0.4, -0.2) is 30.0 Å². The number of allylic oxidation sites excluding steroid dienone is 1. The Labute approximate surface area is 107 Å². The number of ketones is 1. The summed E-state index contributed by atoms with van der Waals surface area (Å²) in [6, 6.07) is 9.45. The van der Waals surface area contributed by atoms with Gasteiger partial charge in [-0.05, 0) is 19.1 Å². The zero-order valence-corrected chi connectivity index (χ0v) is 10.9. The van der Waals surface area contributed by atoms with Gasteiger partial charge in [0.1, 0.15) is 0 Å². The SMILES string of the molecule is CS/C(=C/C(=O)c1ccccc1)N1CCCC1. The van der Waals surface area contributed by atoms with Crippen LogP contribution in [0.5, 0.6) is 0 Å². The molecule has 1 aliphatic heterocycles. The highest BCUT2D eigenvalue weighted by Crippen LogP contribution is 2.23. The molecule has 0 aliphatic carbocycles. The summed E-state index contributed by atoms with van der Waals surface area (Å²) < 4.78 is 0. The fourth-order valence-electron chi connectivity index (χ4n) is 2.01. The van der Waals surface area contributed by atoms with Gasteiger partial charge in [0.05, 0.1) is 5.03 Å². The minimum absolute atomic E-state index is 0.0989. The smallest absolute Gasteiger partial charge is 0.188 e. The van der Waals surface area contributed by atoms with Crippen molar-refractivity contribution in [3.63, 3.8) is 0 Å². The Balaban J connectivity index is 2.13. The third kappa shape index (κ3) is 3.13. The average molecular weight is 247 g/mol. The molecule has 0 radical (unpaired) electrons. The Morgan fingerprint density at radius 3 is 2.47 bits per heavy atom. The minimum atomic E-state index is 0.0989. The lowest BCUT2D eigenvalue weighted by Crippen LogP contribution is -2.17. The lowest BCUT2D eigenvalue weighted by atomic mass is 10.1. The lowest BCUT2D eigenvalue weighted by molar-refractivity contribution is 0.104. The second-order valence-electron chi connectivity index (χ2n) is 4.11. The molecule has 17 heavy (non-hydrogen) atoms. The van der Waals surface area contributed by atoms with Crippen LogP contribution in [0.4, 0.5) is 0 Å². The van der Waals surface area contributed by atoms with Gasteiger partial charge in [-0.2, -0.15) is 0 Å². The Morgan fingerprint density at radius 2 is 1.88 bits per heavy atom. The van der Waals surface area contributed by atoms with Crippen LogP contribution in [0, 0.1) is 0 Å². The Bertz CT molecular complexity index is 407. The predicted molar refractivity (Wildman–Crippen MR) is 73.2 cm³/mol. The van der Waals surface area contributed by atoms with Crippen molar-refractivity contribution in [2.75, 3.05) is 19.3 Å². The number of hydrogen-bond donors (Lipinski definition) is 0. The first-order valence-electron chi connectivity index (χ1n) is 5.91. The van der Waals surface area contributed by atoms with E-state index in [0.29, 0.717) is 0 Å². The summed E-state index contributed by atoms with van der Waals surface area (Å²) in [6.45, 7) is 2.16. The van der Waals surface area contributed by atoms with Gasteiger partial charge in [0.15, 0.2) is 5.78 Å². The third-order valence-electron chi connectivity index (χ3n) is 2.94. The number of nitrogens with zero attached hydrogens (tertiary/aromatic N) is 1. The molecule has 0 unspecified atom stereocenters. The van der Waals surface area contributed by atoms with Gasteiger partial charge in [0.2, 0.25) is 0 Å². The van der Waals surface area contributed by atoms with E-state index in [1.165, 1.54) is 12.8 Å². The molecule has 1 fully saturated rings. The van der Waals surface area contributed by atoms with Gasteiger partial charge in [-0.1, -0.05) is 30.3 Å². The van der Waals surface area contributed by atoms with E-state index in [-0.39, 0.29) is 5.78 Å². The molecule has 0 bridgehead atoms. The van der Waals surface area contributed by atoms with Crippen molar-refractivity contribution in [2.45, 2.75) is 12.8 Å². The van der Waals surface area contributed by atoms with E-state index in [2.05, 4.69) is 4.90 Å². The van der Waals surface area contributed by atoms with Crippen molar-refractivity contribution in [1.82, 2.24) is 4.90 Å². The Hall–Kier alpha value is -1.22. The van der Waals surface area contributed by atoms with E-state index in [9.17, 15) is 4.79 Å². The Kier molecular flexibility index (Phi) is 4.26. The molecule has 3 heteroatoms. The number of rotatable bonds is 4. The van der Waals surface area contributed by atoms with Crippen molar-refractivity contribution in [3.8, 4) is 0 Å². The van der Waals surface area contributed by atoms with Gasteiger partial charge < -0.3 is 4.90 Å². The monoisotopic (exact) mass is 247 g/mol. The zero-order valence-electron chi connectivity index (χ0n) is 10.1. The molecule has 0 aromatic heterocycles. The molecule has 0 spiro atoms. The van der Waals surface area contributed by atoms with Crippen LogP contribution in [0.25, 0.3) is 0 Å². The van der Waals surface area contributed by atoms with E-state index in [4.69, 9.17) is 0 Å². The molecule has 0 amide bonds. The first kappa shape index (κ1) is 12.2. The lowest BCUT2D eigenvalue weighted by Gasteiger charge is -2.19. The van der Waals surface area contributed by atoms with Gasteiger partial charge in [-0.3, -0.25) is 4.79 Å². The molecule has 0 saturated carbocycles. The number of thioether (sulfide) groups is 1. The second kappa shape index (κ2) is 5.92. The standard InChI is InChI=1S/C14H17NOS/c1-17-14(15-9-5-6-10-15)11-13(16)12-7-3-2-4-8-12/h2-4,7-8,11H,5-6,9-10H2,1H3/b14-11+. The van der Waals surface area contributed by atoms with Gasteiger partial charge in [-0.25, -0.2) is 0 Å². The van der Waals surface area contributed by atoms with Gasteiger partial charge in [0.25, 0.3) is 0 Å². The summed E-state index contributed by atoms with van der Waals surface area (Å²) in [7, 11) is 0. The van der Waals surface area contributed by atoms with Crippen molar-refractivity contribution in [2.24, 2.45) is 0 Å². The van der Waals surface area contributed by atoms with Crippen LogP contribution in [0.15, 0.2) is 41.4 Å². The van der Waals surface area contributed by atoms with E-state index < -0.39 is 0 Å². The van der Waals surface area contributed by atoms with Gasteiger partial charge in [-0.15, -0.1) is 11.8 Å². The topological polar surface area (TPSA) is 20.3 Å². The molecule has 0 N–H and O–H groups in total. The average Bonchev–Trinajstić information content (AvgIpc) is 2.90. The fourth-order valence-corrected chi connectivity index (χ4v) is 2.68. The molecule has 90 valence electrons. The van der Waals surface area contributed by atoms with E-state index in [0.717, 1.165) is 23.7 Å². The fraction of sp³-hybridized carbons (Fsp3) is 0.357. The normalized spacial score (nSPS) is 16.3. The maximum atomic E-state index is 12.1.